The lowest BCUT2D eigenvalue weighted by Gasteiger charge is -2.05. The average Bonchev–Trinajstić information content (AvgIpc) is 3.13. The van der Waals surface area contributed by atoms with E-state index in [-0.39, 0.29) is 0 Å². The zero-order valence-corrected chi connectivity index (χ0v) is 16.5. The zero-order chi connectivity index (χ0) is 20.1. The van der Waals surface area contributed by atoms with E-state index in [1.807, 2.05) is 60.7 Å². The minimum Gasteiger partial charge on any atom is -0.341 e. The van der Waals surface area contributed by atoms with E-state index in [2.05, 4.69) is 54.0 Å². The topological polar surface area (TPSA) is 22.0 Å². The maximum absolute atomic E-state index is 10.8. The van der Waals surface area contributed by atoms with Gasteiger partial charge in [0.05, 0.1) is 0 Å². The maximum Gasteiger partial charge on any atom is 0.150 e. The molecule has 5 rings (SSSR count). The molecule has 0 saturated heterocycles. The molecule has 142 valence electrons. The summed E-state index contributed by atoms with van der Waals surface area (Å²) in [4.78, 5) is 10.8. The second-order valence-corrected chi connectivity index (χ2v) is 6.89. The van der Waals surface area contributed by atoms with Crippen LogP contribution in [0.15, 0.2) is 103 Å². The molecule has 0 spiro atoms. The SMILES string of the molecule is CCn1c2ccccc2c2cc(-c3ccc(C=O)cc3)ccc21.c1ccccc1. The minimum atomic E-state index is 0.706. The fraction of sp³-hybridized carbons (Fsp3) is 0.0741. The van der Waals surface area contributed by atoms with Crippen molar-refractivity contribution < 1.29 is 4.79 Å². The number of para-hydroxylation sites is 1. The number of fused-ring (bicyclic) bond motifs is 3. The first kappa shape index (κ1) is 18.7. The fourth-order valence-electron chi connectivity index (χ4n) is 3.71. The average molecular weight is 377 g/mol. The van der Waals surface area contributed by atoms with Crippen molar-refractivity contribution >= 4 is 28.1 Å². The molecule has 0 atom stereocenters. The number of nitrogens with zero attached hydrogens (tertiary/aromatic N) is 1. The van der Waals surface area contributed by atoms with Crippen LogP contribution in [0.4, 0.5) is 0 Å². The first-order valence-electron chi connectivity index (χ1n) is 9.88. The molecule has 0 fully saturated rings. The number of carbonyl (C=O) groups is 1. The number of carbonyl (C=O) groups excluding carboxylic acids is 1. The number of benzene rings is 4. The largest absolute Gasteiger partial charge is 0.341 e. The molecular formula is C27H23NO. The second kappa shape index (κ2) is 8.57. The van der Waals surface area contributed by atoms with E-state index in [0.717, 1.165) is 18.4 Å². The summed E-state index contributed by atoms with van der Waals surface area (Å²) >= 11 is 0. The molecule has 5 aromatic rings. The summed E-state index contributed by atoms with van der Waals surface area (Å²) in [6.45, 7) is 3.13. The molecule has 29 heavy (non-hydrogen) atoms. The van der Waals surface area contributed by atoms with Crippen LogP contribution < -0.4 is 0 Å². The third-order valence-corrected chi connectivity index (χ3v) is 5.14. The van der Waals surface area contributed by atoms with Crippen LogP contribution in [0.5, 0.6) is 0 Å². The van der Waals surface area contributed by atoms with E-state index in [0.29, 0.717) is 5.56 Å². The van der Waals surface area contributed by atoms with Gasteiger partial charge in [-0.15, -0.1) is 0 Å². The van der Waals surface area contributed by atoms with Crippen LogP contribution in [-0.2, 0) is 6.54 Å². The third-order valence-electron chi connectivity index (χ3n) is 5.14. The van der Waals surface area contributed by atoms with Gasteiger partial charge in [0, 0.05) is 33.9 Å². The van der Waals surface area contributed by atoms with Gasteiger partial charge in [0.2, 0.25) is 0 Å². The van der Waals surface area contributed by atoms with Gasteiger partial charge in [-0.2, -0.15) is 0 Å². The summed E-state index contributed by atoms with van der Waals surface area (Å²) in [5.41, 5.74) is 5.55. The van der Waals surface area contributed by atoms with Gasteiger partial charge in [0.25, 0.3) is 0 Å². The molecule has 0 amide bonds. The molecule has 2 heteroatoms. The normalized spacial score (nSPS) is 10.5. The van der Waals surface area contributed by atoms with E-state index in [1.165, 1.54) is 27.4 Å². The molecule has 0 aliphatic carbocycles. The number of rotatable bonds is 3. The molecule has 1 heterocycles. The van der Waals surface area contributed by atoms with Gasteiger partial charge in [-0.05, 0) is 36.2 Å². The van der Waals surface area contributed by atoms with E-state index < -0.39 is 0 Å². The summed E-state index contributed by atoms with van der Waals surface area (Å²) in [6, 6.07) is 34.9. The highest BCUT2D eigenvalue weighted by Gasteiger charge is 2.10. The van der Waals surface area contributed by atoms with Crippen LogP contribution in [0.25, 0.3) is 32.9 Å². The number of hydrogen-bond donors (Lipinski definition) is 0. The zero-order valence-electron chi connectivity index (χ0n) is 16.5. The Hall–Kier alpha value is -3.65. The van der Waals surface area contributed by atoms with Crippen LogP contribution >= 0.6 is 0 Å². The lowest BCUT2D eigenvalue weighted by atomic mass is 10.0. The standard InChI is InChI=1S/C21H17NO.C6H6/c1-2-22-20-6-4-3-5-18(20)19-13-17(11-12-21(19)22)16-9-7-15(14-23)8-10-16;1-2-4-6-5-3-1/h3-14H,2H2,1H3;1-6H. The maximum atomic E-state index is 10.8. The van der Waals surface area contributed by atoms with Gasteiger partial charge in [0.1, 0.15) is 6.29 Å². The van der Waals surface area contributed by atoms with Gasteiger partial charge < -0.3 is 4.57 Å². The molecule has 0 radical (unpaired) electrons. The van der Waals surface area contributed by atoms with E-state index in [1.54, 1.807) is 0 Å². The molecule has 4 aromatic carbocycles. The highest BCUT2D eigenvalue weighted by molar-refractivity contribution is 6.09. The van der Waals surface area contributed by atoms with Crippen molar-refractivity contribution in [3.8, 4) is 11.1 Å². The highest BCUT2D eigenvalue weighted by atomic mass is 16.1. The van der Waals surface area contributed by atoms with Gasteiger partial charge in [-0.25, -0.2) is 0 Å². The van der Waals surface area contributed by atoms with Crippen LogP contribution in [-0.4, -0.2) is 10.9 Å². The molecule has 0 saturated carbocycles. The Kier molecular flexibility index (Phi) is 5.53. The molecule has 0 bridgehead atoms. The summed E-state index contributed by atoms with van der Waals surface area (Å²) in [5, 5.41) is 2.56. The van der Waals surface area contributed by atoms with Crippen LogP contribution in [0, 0.1) is 0 Å². The van der Waals surface area contributed by atoms with Crippen LogP contribution in [0.1, 0.15) is 17.3 Å². The second-order valence-electron chi connectivity index (χ2n) is 6.89. The van der Waals surface area contributed by atoms with Crippen molar-refractivity contribution in [2.24, 2.45) is 0 Å². The first-order chi connectivity index (χ1) is 14.3. The molecule has 1 aromatic heterocycles. The molecule has 0 N–H and O–H groups in total. The van der Waals surface area contributed by atoms with E-state index >= 15 is 0 Å². The quantitative estimate of drug-likeness (QED) is 0.311. The fourth-order valence-corrected chi connectivity index (χ4v) is 3.71. The monoisotopic (exact) mass is 377 g/mol. The first-order valence-corrected chi connectivity index (χ1v) is 9.88. The van der Waals surface area contributed by atoms with Crippen LogP contribution in [0.2, 0.25) is 0 Å². The third kappa shape index (κ3) is 3.83. The number of aldehydes is 1. The van der Waals surface area contributed by atoms with Gasteiger partial charge in [0.15, 0.2) is 0 Å². The van der Waals surface area contributed by atoms with Crippen molar-refractivity contribution in [2.75, 3.05) is 0 Å². The van der Waals surface area contributed by atoms with Crippen molar-refractivity contribution in [1.82, 2.24) is 4.57 Å². The minimum absolute atomic E-state index is 0.706. The number of aromatic nitrogens is 1. The number of aryl methyl sites for hydroxylation is 1. The van der Waals surface area contributed by atoms with Gasteiger partial charge in [-0.1, -0.05) is 84.9 Å². The van der Waals surface area contributed by atoms with E-state index in [9.17, 15) is 4.79 Å². The Morgan fingerprint density at radius 1 is 0.655 bits per heavy atom. The molecule has 0 aliphatic rings. The summed E-state index contributed by atoms with van der Waals surface area (Å²) in [6.07, 6.45) is 0.877. The Morgan fingerprint density at radius 3 is 1.86 bits per heavy atom. The Labute approximate surface area is 171 Å². The Balaban J connectivity index is 0.000000294. The van der Waals surface area contributed by atoms with Crippen molar-refractivity contribution in [3.63, 3.8) is 0 Å². The predicted molar refractivity (Wildman–Crippen MR) is 122 cm³/mol. The molecule has 0 unspecified atom stereocenters. The lowest BCUT2D eigenvalue weighted by Crippen LogP contribution is -1.92. The predicted octanol–water partition coefficient (Wildman–Crippen LogP) is 6.98. The van der Waals surface area contributed by atoms with Gasteiger partial charge in [-0.3, -0.25) is 4.79 Å². The summed E-state index contributed by atoms with van der Waals surface area (Å²) in [7, 11) is 0. The van der Waals surface area contributed by atoms with Crippen molar-refractivity contribution in [2.45, 2.75) is 13.5 Å². The smallest absolute Gasteiger partial charge is 0.150 e. The lowest BCUT2D eigenvalue weighted by molar-refractivity contribution is 0.112. The Morgan fingerprint density at radius 2 is 1.24 bits per heavy atom. The van der Waals surface area contributed by atoms with E-state index in [4.69, 9.17) is 0 Å². The molecule has 2 nitrogen and oxygen atoms in total. The Bertz CT molecular complexity index is 1210. The van der Waals surface area contributed by atoms with Gasteiger partial charge >= 0.3 is 0 Å². The molecular weight excluding hydrogens is 354 g/mol. The number of hydrogen-bond acceptors (Lipinski definition) is 1. The summed E-state index contributed by atoms with van der Waals surface area (Å²) < 4.78 is 2.35. The summed E-state index contributed by atoms with van der Waals surface area (Å²) in [5.74, 6) is 0. The van der Waals surface area contributed by atoms with Crippen molar-refractivity contribution in [3.05, 3.63) is 109 Å². The van der Waals surface area contributed by atoms with Crippen LogP contribution in [0.3, 0.4) is 0 Å². The van der Waals surface area contributed by atoms with Crippen molar-refractivity contribution in [1.29, 1.82) is 0 Å². The molecule has 0 aliphatic heterocycles. The highest BCUT2D eigenvalue weighted by Crippen LogP contribution is 2.32.